The van der Waals surface area contributed by atoms with Gasteiger partial charge in [-0.3, -0.25) is 14.9 Å². The normalized spacial score (nSPS) is 19.0. The first kappa shape index (κ1) is 26.5. The summed E-state index contributed by atoms with van der Waals surface area (Å²) >= 11 is 0. The summed E-state index contributed by atoms with van der Waals surface area (Å²) in [6, 6.07) is 6.86. The molecule has 1 aromatic heterocycles. The third-order valence-corrected chi connectivity index (χ3v) is 8.61. The number of hydrogen-bond acceptors (Lipinski definition) is 7. The Kier molecular flexibility index (Phi) is 8.23. The van der Waals surface area contributed by atoms with Crippen LogP contribution in [0, 0.1) is 6.92 Å². The number of aliphatic hydroxyl groups excluding tert-OH is 1. The van der Waals surface area contributed by atoms with Gasteiger partial charge in [0.05, 0.1) is 11.5 Å². The van der Waals surface area contributed by atoms with Crippen LogP contribution < -0.4 is 15.5 Å². The summed E-state index contributed by atoms with van der Waals surface area (Å²) in [7, 11) is -3.73. The van der Waals surface area contributed by atoms with Crippen LogP contribution in [0.25, 0.3) is 0 Å². The molecule has 1 aromatic carbocycles. The molecular weight excluding hydrogens is 482 g/mol. The van der Waals surface area contributed by atoms with Crippen LogP contribution in [0.4, 0.5) is 0 Å². The monoisotopic (exact) mass is 519 g/mol. The first-order valence-electron chi connectivity index (χ1n) is 12.7. The third-order valence-electron chi connectivity index (χ3n) is 6.72. The maximum absolute atomic E-state index is 13.5. The zero-order valence-corrected chi connectivity index (χ0v) is 22.1. The average Bonchev–Trinajstić information content (AvgIpc) is 3.19. The number of carbonyl (C=O) groups excluding carboxylic acids is 1. The first-order chi connectivity index (χ1) is 17.3. The van der Waals surface area contributed by atoms with Crippen molar-refractivity contribution in [2.24, 2.45) is 0 Å². The summed E-state index contributed by atoms with van der Waals surface area (Å²) < 4.78 is 36.2. The maximum Gasteiger partial charge on any atom is 0.272 e. The Labute approximate surface area is 213 Å². The molecule has 1 unspecified atom stereocenters. The fourth-order valence-electron chi connectivity index (χ4n) is 4.92. The summed E-state index contributed by atoms with van der Waals surface area (Å²) in [4.78, 5) is 15.4. The highest BCUT2D eigenvalue weighted by atomic mass is 32.2. The van der Waals surface area contributed by atoms with Crippen LogP contribution in [0.15, 0.2) is 29.2 Å². The van der Waals surface area contributed by atoms with Crippen LogP contribution >= 0.6 is 0 Å². The molecule has 1 atom stereocenters. The summed E-state index contributed by atoms with van der Waals surface area (Å²) in [5.41, 5.74) is 6.39. The lowest BCUT2D eigenvalue weighted by molar-refractivity contribution is 0.0913. The van der Waals surface area contributed by atoms with Gasteiger partial charge in [-0.25, -0.2) is 8.42 Å². The molecule has 36 heavy (non-hydrogen) atoms. The van der Waals surface area contributed by atoms with Crippen molar-refractivity contribution in [1.29, 1.82) is 0 Å². The van der Waals surface area contributed by atoms with E-state index in [1.165, 1.54) is 4.31 Å². The molecule has 198 valence electrons. The third kappa shape index (κ3) is 5.24. The summed E-state index contributed by atoms with van der Waals surface area (Å²) in [6.07, 6.45) is 1.77. The molecule has 2 aliphatic rings. The van der Waals surface area contributed by atoms with Crippen LogP contribution in [0.2, 0.25) is 0 Å². The van der Waals surface area contributed by atoms with E-state index in [1.807, 2.05) is 24.6 Å². The second-order valence-electron chi connectivity index (χ2n) is 9.24. The molecular formula is C25H37N5O5S. The maximum atomic E-state index is 13.5. The highest BCUT2D eigenvalue weighted by molar-refractivity contribution is 7.89. The van der Waals surface area contributed by atoms with Crippen molar-refractivity contribution in [3.8, 4) is 5.75 Å². The Bertz CT molecular complexity index is 1190. The number of rotatable bonds is 10. The topological polar surface area (TPSA) is 116 Å². The van der Waals surface area contributed by atoms with Gasteiger partial charge < -0.3 is 20.1 Å². The zero-order valence-electron chi connectivity index (χ0n) is 21.3. The number of carbonyl (C=O) groups is 1. The zero-order chi connectivity index (χ0) is 25.9. The molecule has 1 saturated heterocycles. The van der Waals surface area contributed by atoms with E-state index in [4.69, 9.17) is 9.84 Å². The van der Waals surface area contributed by atoms with Gasteiger partial charge in [0.25, 0.3) is 5.91 Å². The molecule has 3 heterocycles. The highest BCUT2D eigenvalue weighted by Crippen LogP contribution is 2.32. The molecule has 0 saturated carbocycles. The van der Waals surface area contributed by atoms with Crippen molar-refractivity contribution in [2.75, 3.05) is 51.4 Å². The van der Waals surface area contributed by atoms with E-state index < -0.39 is 16.2 Å². The largest absolute Gasteiger partial charge is 0.493 e. The number of sulfonamides is 1. The van der Waals surface area contributed by atoms with Crippen molar-refractivity contribution in [1.82, 2.24) is 19.2 Å². The van der Waals surface area contributed by atoms with E-state index in [0.717, 1.165) is 30.6 Å². The number of hydrogen-bond donors (Lipinski definition) is 3. The van der Waals surface area contributed by atoms with Gasteiger partial charge in [-0.05, 0) is 56.5 Å². The second kappa shape index (κ2) is 11.2. The molecule has 2 aliphatic heterocycles. The van der Waals surface area contributed by atoms with E-state index in [1.54, 1.807) is 18.2 Å². The van der Waals surface area contributed by atoms with E-state index in [0.29, 0.717) is 56.2 Å². The summed E-state index contributed by atoms with van der Waals surface area (Å²) in [5.74, 6) is 0.306. The SMILES string of the molecule is CCCc1cc(C)c2n1NC(c1cc(S(=O)(=O)N3CCN(CCCO)CC3)ccc1OCC)NC2=O. The predicted molar refractivity (Wildman–Crippen MR) is 137 cm³/mol. The minimum absolute atomic E-state index is 0.128. The van der Waals surface area contributed by atoms with Crippen LogP contribution in [0.5, 0.6) is 5.75 Å². The molecule has 0 radical (unpaired) electrons. The Balaban J connectivity index is 1.63. The van der Waals surface area contributed by atoms with Gasteiger partial charge in [-0.15, -0.1) is 0 Å². The Morgan fingerprint density at radius 3 is 2.56 bits per heavy atom. The summed E-state index contributed by atoms with van der Waals surface area (Å²) in [6.45, 7) is 9.18. The van der Waals surface area contributed by atoms with Gasteiger partial charge in [0.2, 0.25) is 10.0 Å². The summed E-state index contributed by atoms with van der Waals surface area (Å²) in [5, 5.41) is 12.0. The van der Waals surface area contributed by atoms with Crippen LogP contribution in [-0.4, -0.2) is 79.3 Å². The van der Waals surface area contributed by atoms with E-state index in [-0.39, 0.29) is 17.4 Å². The lowest BCUT2D eigenvalue weighted by Gasteiger charge is -2.34. The van der Waals surface area contributed by atoms with Gasteiger partial charge in [0, 0.05) is 50.6 Å². The van der Waals surface area contributed by atoms with Crippen LogP contribution in [0.3, 0.4) is 0 Å². The van der Waals surface area contributed by atoms with E-state index >= 15 is 0 Å². The lowest BCUT2D eigenvalue weighted by atomic mass is 10.1. The number of fused-ring (bicyclic) bond motifs is 1. The highest BCUT2D eigenvalue weighted by Gasteiger charge is 2.33. The van der Waals surface area contributed by atoms with E-state index in [2.05, 4.69) is 22.6 Å². The molecule has 3 N–H and O–H groups in total. The van der Waals surface area contributed by atoms with Gasteiger partial charge >= 0.3 is 0 Å². The standard InChI is InChI=1S/C25H37N5O5S/c1-4-7-19-16-18(3)23-25(32)26-24(27-30(19)23)21-17-20(8-9-22(21)35-5-2)36(33,34)29-13-11-28(12-14-29)10-6-15-31/h8-9,16-17,24,27,31H,4-7,10-15H2,1-3H3,(H,26,32). The molecule has 11 heteroatoms. The van der Waals surface area contributed by atoms with Crippen molar-refractivity contribution in [2.45, 2.75) is 51.1 Å². The molecule has 10 nitrogen and oxygen atoms in total. The van der Waals surface area contributed by atoms with Crippen molar-refractivity contribution >= 4 is 15.9 Å². The first-order valence-corrected chi connectivity index (χ1v) is 14.1. The van der Waals surface area contributed by atoms with E-state index in [9.17, 15) is 13.2 Å². The van der Waals surface area contributed by atoms with Crippen molar-refractivity contribution in [3.05, 3.63) is 46.8 Å². The van der Waals surface area contributed by atoms with Crippen LogP contribution in [-0.2, 0) is 16.4 Å². The van der Waals surface area contributed by atoms with Crippen molar-refractivity contribution in [3.63, 3.8) is 0 Å². The number of amides is 1. The second-order valence-corrected chi connectivity index (χ2v) is 11.2. The molecule has 1 amide bonds. The molecule has 0 spiro atoms. The molecule has 0 bridgehead atoms. The van der Waals surface area contributed by atoms with Gasteiger partial charge in [0.1, 0.15) is 17.6 Å². The Morgan fingerprint density at radius 1 is 1.14 bits per heavy atom. The molecule has 0 aliphatic carbocycles. The fraction of sp³-hybridized carbons (Fsp3) is 0.560. The minimum atomic E-state index is -3.73. The number of aromatic nitrogens is 1. The quantitative estimate of drug-likeness (QED) is 0.439. The lowest BCUT2D eigenvalue weighted by Crippen LogP contribution is -2.49. The van der Waals surface area contributed by atoms with Gasteiger partial charge in [-0.1, -0.05) is 13.3 Å². The number of aryl methyl sites for hydroxylation is 2. The smallest absolute Gasteiger partial charge is 0.272 e. The minimum Gasteiger partial charge on any atom is -0.493 e. The predicted octanol–water partition coefficient (Wildman–Crippen LogP) is 1.82. The number of nitrogens with one attached hydrogen (secondary N) is 2. The fourth-order valence-corrected chi connectivity index (χ4v) is 6.37. The number of piperazine rings is 1. The number of benzene rings is 1. The Morgan fingerprint density at radius 2 is 1.89 bits per heavy atom. The van der Waals surface area contributed by atoms with Gasteiger partial charge in [0.15, 0.2) is 0 Å². The van der Waals surface area contributed by atoms with Crippen LogP contribution in [0.1, 0.15) is 60.2 Å². The molecule has 1 fully saturated rings. The Hall–Kier alpha value is -2.60. The van der Waals surface area contributed by atoms with Gasteiger partial charge in [-0.2, -0.15) is 4.31 Å². The van der Waals surface area contributed by atoms with Crippen molar-refractivity contribution < 1.29 is 23.1 Å². The average molecular weight is 520 g/mol. The molecule has 2 aromatic rings. The number of ether oxygens (including phenoxy) is 1. The number of aliphatic hydroxyl groups is 1. The number of nitrogens with zero attached hydrogens (tertiary/aromatic N) is 3. The molecule has 4 rings (SSSR count).